The lowest BCUT2D eigenvalue weighted by atomic mass is 9.84. The minimum Gasteiger partial charge on any atom is -0.497 e. The van der Waals surface area contributed by atoms with E-state index in [0.717, 1.165) is 12.3 Å². The second kappa shape index (κ2) is 7.65. The van der Waals surface area contributed by atoms with Crippen molar-refractivity contribution in [1.29, 1.82) is 0 Å². The average Bonchev–Trinajstić information content (AvgIpc) is 2.48. The van der Waals surface area contributed by atoms with Crippen molar-refractivity contribution in [2.45, 2.75) is 32.2 Å². The van der Waals surface area contributed by atoms with Crippen molar-refractivity contribution >= 4 is 0 Å². The summed E-state index contributed by atoms with van der Waals surface area (Å²) in [7, 11) is 3.80. The molecule has 20 heavy (non-hydrogen) atoms. The van der Waals surface area contributed by atoms with Crippen LogP contribution >= 0.6 is 0 Å². The van der Waals surface area contributed by atoms with E-state index in [1.807, 2.05) is 6.07 Å². The monoisotopic (exact) mass is 276 g/mol. The van der Waals surface area contributed by atoms with Gasteiger partial charge in [-0.25, -0.2) is 0 Å². The Kier molecular flexibility index (Phi) is 5.86. The minimum atomic E-state index is 0.520. The quantitative estimate of drug-likeness (QED) is 0.864. The molecular formula is C17H28N2O. The third kappa shape index (κ3) is 3.53. The highest BCUT2D eigenvalue weighted by atomic mass is 16.5. The maximum Gasteiger partial charge on any atom is 0.119 e. The van der Waals surface area contributed by atoms with Gasteiger partial charge >= 0.3 is 0 Å². The van der Waals surface area contributed by atoms with Crippen LogP contribution in [0, 0.1) is 5.92 Å². The van der Waals surface area contributed by atoms with Crippen LogP contribution in [-0.4, -0.2) is 38.7 Å². The van der Waals surface area contributed by atoms with E-state index in [0.29, 0.717) is 12.0 Å². The molecular weight excluding hydrogens is 248 g/mol. The summed E-state index contributed by atoms with van der Waals surface area (Å²) in [5.41, 5.74) is 1.40. The summed E-state index contributed by atoms with van der Waals surface area (Å²) in [4.78, 5) is 2.65. The first-order chi connectivity index (χ1) is 9.80. The van der Waals surface area contributed by atoms with Gasteiger partial charge in [0, 0.05) is 6.04 Å². The Balaban J connectivity index is 2.27. The zero-order chi connectivity index (χ0) is 14.4. The van der Waals surface area contributed by atoms with Crippen molar-refractivity contribution in [1.82, 2.24) is 10.2 Å². The highest BCUT2D eigenvalue weighted by Crippen LogP contribution is 2.36. The molecule has 0 spiro atoms. The summed E-state index contributed by atoms with van der Waals surface area (Å²) in [6, 6.07) is 9.13. The third-order valence-electron chi connectivity index (χ3n) is 4.27. The van der Waals surface area contributed by atoms with Gasteiger partial charge in [0.05, 0.1) is 7.11 Å². The van der Waals surface area contributed by atoms with Crippen molar-refractivity contribution in [2.75, 3.05) is 33.8 Å². The van der Waals surface area contributed by atoms with E-state index in [-0.39, 0.29) is 0 Å². The van der Waals surface area contributed by atoms with Crippen LogP contribution in [0.4, 0.5) is 0 Å². The Morgan fingerprint density at radius 1 is 1.40 bits per heavy atom. The summed E-state index contributed by atoms with van der Waals surface area (Å²) in [6.07, 6.45) is 3.84. The molecule has 0 saturated carbocycles. The fourth-order valence-electron chi connectivity index (χ4n) is 3.47. The topological polar surface area (TPSA) is 24.5 Å². The predicted octanol–water partition coefficient (Wildman–Crippen LogP) is 3.08. The molecule has 1 saturated heterocycles. The van der Waals surface area contributed by atoms with E-state index in [2.05, 4.69) is 42.4 Å². The van der Waals surface area contributed by atoms with Crippen LogP contribution in [0.2, 0.25) is 0 Å². The van der Waals surface area contributed by atoms with Gasteiger partial charge in [-0.15, -0.1) is 0 Å². The maximum absolute atomic E-state index is 5.40. The van der Waals surface area contributed by atoms with E-state index >= 15 is 0 Å². The summed E-state index contributed by atoms with van der Waals surface area (Å²) in [5, 5.41) is 3.37. The van der Waals surface area contributed by atoms with Crippen molar-refractivity contribution in [2.24, 2.45) is 5.92 Å². The van der Waals surface area contributed by atoms with Gasteiger partial charge in [-0.05, 0) is 69.6 Å². The summed E-state index contributed by atoms with van der Waals surface area (Å²) in [6.45, 7) is 5.75. The number of ether oxygens (including phenoxy) is 1. The molecule has 0 bridgehead atoms. The summed E-state index contributed by atoms with van der Waals surface area (Å²) >= 11 is 0. The van der Waals surface area contributed by atoms with E-state index in [9.17, 15) is 0 Å². The first-order valence-corrected chi connectivity index (χ1v) is 7.82. The van der Waals surface area contributed by atoms with Gasteiger partial charge < -0.3 is 10.1 Å². The second-order valence-electron chi connectivity index (χ2n) is 5.72. The number of hydrogen-bond acceptors (Lipinski definition) is 3. The molecule has 2 atom stereocenters. The molecule has 112 valence electrons. The first kappa shape index (κ1) is 15.3. The zero-order valence-electron chi connectivity index (χ0n) is 13.1. The molecule has 2 unspecified atom stereocenters. The fourth-order valence-corrected chi connectivity index (χ4v) is 3.47. The fraction of sp³-hybridized carbons (Fsp3) is 0.647. The third-order valence-corrected chi connectivity index (χ3v) is 4.27. The van der Waals surface area contributed by atoms with Gasteiger partial charge in [-0.3, -0.25) is 4.90 Å². The molecule has 2 rings (SSSR count). The zero-order valence-corrected chi connectivity index (χ0v) is 13.1. The van der Waals surface area contributed by atoms with Crippen LogP contribution in [0.5, 0.6) is 5.75 Å². The number of hydrogen-bond donors (Lipinski definition) is 1. The molecule has 0 aliphatic carbocycles. The van der Waals surface area contributed by atoms with Crippen LogP contribution < -0.4 is 10.1 Å². The van der Waals surface area contributed by atoms with Crippen molar-refractivity contribution in [3.63, 3.8) is 0 Å². The molecule has 1 aromatic rings. The van der Waals surface area contributed by atoms with E-state index in [1.54, 1.807) is 7.11 Å². The number of likely N-dealkylation sites (tertiary alicyclic amines) is 1. The largest absolute Gasteiger partial charge is 0.497 e. The Morgan fingerprint density at radius 2 is 2.25 bits per heavy atom. The molecule has 0 aromatic heterocycles. The maximum atomic E-state index is 5.40. The lowest BCUT2D eigenvalue weighted by molar-refractivity contribution is 0.0923. The highest BCUT2D eigenvalue weighted by molar-refractivity contribution is 5.31. The Bertz CT molecular complexity index is 390. The van der Waals surface area contributed by atoms with Crippen LogP contribution in [0.1, 0.15) is 37.8 Å². The number of benzene rings is 1. The van der Waals surface area contributed by atoms with Gasteiger partial charge in [-0.2, -0.15) is 0 Å². The van der Waals surface area contributed by atoms with Crippen molar-refractivity contribution in [3.8, 4) is 5.75 Å². The van der Waals surface area contributed by atoms with Crippen LogP contribution in [0.25, 0.3) is 0 Å². The molecule has 0 amide bonds. The highest BCUT2D eigenvalue weighted by Gasteiger charge is 2.31. The average molecular weight is 276 g/mol. The minimum absolute atomic E-state index is 0.520. The number of methoxy groups -OCH3 is 1. The van der Waals surface area contributed by atoms with Crippen molar-refractivity contribution in [3.05, 3.63) is 29.8 Å². The normalized spacial score (nSPS) is 23.8. The lowest BCUT2D eigenvalue weighted by Gasteiger charge is -2.42. The Hall–Kier alpha value is -1.06. The molecule has 1 aliphatic rings. The van der Waals surface area contributed by atoms with Gasteiger partial charge in [-0.1, -0.05) is 19.1 Å². The van der Waals surface area contributed by atoms with Crippen molar-refractivity contribution < 1.29 is 4.74 Å². The Labute approximate surface area is 123 Å². The van der Waals surface area contributed by atoms with Gasteiger partial charge in [0.2, 0.25) is 0 Å². The summed E-state index contributed by atoms with van der Waals surface area (Å²) in [5.74, 6) is 1.65. The predicted molar refractivity (Wildman–Crippen MR) is 84.2 cm³/mol. The lowest BCUT2D eigenvalue weighted by Crippen LogP contribution is -2.42. The first-order valence-electron chi connectivity index (χ1n) is 7.82. The number of piperidine rings is 1. The van der Waals surface area contributed by atoms with Crippen LogP contribution in [0.15, 0.2) is 24.3 Å². The van der Waals surface area contributed by atoms with E-state index in [1.165, 1.54) is 37.9 Å². The van der Waals surface area contributed by atoms with Gasteiger partial charge in [0.25, 0.3) is 0 Å². The van der Waals surface area contributed by atoms with Gasteiger partial charge in [0.15, 0.2) is 0 Å². The molecule has 1 heterocycles. The molecule has 0 radical (unpaired) electrons. The molecule has 1 fully saturated rings. The van der Waals surface area contributed by atoms with E-state index < -0.39 is 0 Å². The van der Waals surface area contributed by atoms with Gasteiger partial charge in [0.1, 0.15) is 5.75 Å². The number of nitrogens with one attached hydrogen (secondary N) is 1. The molecule has 3 nitrogen and oxygen atoms in total. The SMILES string of the molecule is CCCN1CCCC(CNC)C1c1cccc(OC)c1. The number of rotatable bonds is 6. The second-order valence-corrected chi connectivity index (χ2v) is 5.72. The van der Waals surface area contributed by atoms with Crippen LogP contribution in [-0.2, 0) is 0 Å². The molecule has 1 N–H and O–H groups in total. The standard InChI is InChI=1S/C17H28N2O/c1-4-10-19-11-6-8-15(13-18-2)17(19)14-7-5-9-16(12-14)20-3/h5,7,9,12,15,17-18H,4,6,8,10-11,13H2,1-3H3. The van der Waals surface area contributed by atoms with E-state index in [4.69, 9.17) is 4.74 Å². The molecule has 1 aliphatic heterocycles. The smallest absolute Gasteiger partial charge is 0.119 e. The Morgan fingerprint density at radius 3 is 2.95 bits per heavy atom. The molecule has 3 heteroatoms. The van der Waals surface area contributed by atoms with Crippen LogP contribution in [0.3, 0.4) is 0 Å². The number of nitrogens with zero attached hydrogens (tertiary/aromatic N) is 1. The summed E-state index contributed by atoms with van der Waals surface area (Å²) < 4.78 is 5.40. The molecule has 1 aromatic carbocycles.